The molecule has 2 N–H and O–H groups in total. The number of hydrogen-bond donors (Lipinski definition) is 2. The van der Waals surface area contributed by atoms with Crippen molar-refractivity contribution >= 4 is 23.8 Å². The fourth-order valence-electron chi connectivity index (χ4n) is 2.02. The van der Waals surface area contributed by atoms with Crippen molar-refractivity contribution in [3.63, 3.8) is 0 Å². The summed E-state index contributed by atoms with van der Waals surface area (Å²) in [6, 6.07) is 0. The highest BCUT2D eigenvalue weighted by atomic mass is 32.2. The first-order valence-corrected chi connectivity index (χ1v) is 9.96. The average Bonchev–Trinajstić information content (AvgIpc) is 2.48. The molecular formula is C17H36N4O2S. The molecule has 142 valence electrons. The van der Waals surface area contributed by atoms with E-state index in [2.05, 4.69) is 28.8 Å². The van der Waals surface area contributed by atoms with E-state index in [1.165, 1.54) is 12.2 Å². The van der Waals surface area contributed by atoms with Crippen LogP contribution in [0, 0.1) is 5.92 Å². The Labute approximate surface area is 152 Å². The van der Waals surface area contributed by atoms with Crippen LogP contribution in [0.25, 0.3) is 0 Å². The number of thioether (sulfide) groups is 1. The molecule has 0 aromatic carbocycles. The van der Waals surface area contributed by atoms with E-state index in [0.29, 0.717) is 6.54 Å². The lowest BCUT2D eigenvalue weighted by atomic mass is 10.1. The van der Waals surface area contributed by atoms with Crippen molar-refractivity contribution in [2.45, 2.75) is 46.1 Å². The molecule has 1 amide bonds. The normalized spacial score (nSPS) is 13.4. The van der Waals surface area contributed by atoms with Crippen LogP contribution in [0.3, 0.4) is 0 Å². The van der Waals surface area contributed by atoms with Crippen molar-refractivity contribution in [1.82, 2.24) is 15.5 Å². The lowest BCUT2D eigenvalue weighted by Crippen LogP contribution is -2.43. The summed E-state index contributed by atoms with van der Waals surface area (Å²) in [7, 11) is 3.54. The summed E-state index contributed by atoms with van der Waals surface area (Å²) in [6.45, 7) is 10.0. The molecule has 0 fully saturated rings. The first-order chi connectivity index (χ1) is 11.2. The van der Waals surface area contributed by atoms with Crippen LogP contribution in [0.5, 0.6) is 0 Å². The number of guanidine groups is 1. The third-order valence-corrected chi connectivity index (χ3v) is 3.90. The van der Waals surface area contributed by atoms with Gasteiger partial charge in [-0.1, -0.05) is 6.92 Å². The Morgan fingerprint density at radius 3 is 2.50 bits per heavy atom. The summed E-state index contributed by atoms with van der Waals surface area (Å²) >= 11 is 1.88. The van der Waals surface area contributed by atoms with Gasteiger partial charge in [0.15, 0.2) is 5.96 Å². The number of carbonyl (C=O) groups is 1. The Balaban J connectivity index is 4.04. The smallest absolute Gasteiger partial charge is 0.410 e. The second-order valence-electron chi connectivity index (χ2n) is 7.05. The van der Waals surface area contributed by atoms with Gasteiger partial charge in [-0.15, -0.1) is 0 Å². The number of nitrogens with one attached hydrogen (secondary N) is 2. The molecule has 0 aromatic heterocycles. The number of nitrogens with zero attached hydrogens (tertiary/aromatic N) is 2. The molecule has 0 bridgehead atoms. The maximum absolute atomic E-state index is 12.0. The van der Waals surface area contributed by atoms with E-state index in [9.17, 15) is 4.79 Å². The number of unbranched alkanes of at least 4 members (excludes halogenated alkanes) is 1. The van der Waals surface area contributed by atoms with Gasteiger partial charge in [0.2, 0.25) is 0 Å². The van der Waals surface area contributed by atoms with Gasteiger partial charge in [-0.05, 0) is 51.5 Å². The molecule has 0 saturated heterocycles. The van der Waals surface area contributed by atoms with Crippen LogP contribution in [0.4, 0.5) is 4.79 Å². The van der Waals surface area contributed by atoms with Crippen LogP contribution >= 0.6 is 11.8 Å². The molecule has 0 radical (unpaired) electrons. The Morgan fingerprint density at radius 1 is 1.29 bits per heavy atom. The van der Waals surface area contributed by atoms with E-state index in [1.54, 1.807) is 19.0 Å². The maximum atomic E-state index is 12.0. The van der Waals surface area contributed by atoms with E-state index in [-0.39, 0.29) is 12.0 Å². The van der Waals surface area contributed by atoms with Crippen LogP contribution in [-0.4, -0.2) is 68.3 Å². The topological polar surface area (TPSA) is 66.0 Å². The number of rotatable bonds is 9. The summed E-state index contributed by atoms with van der Waals surface area (Å²) in [6.07, 6.45) is 4.19. The van der Waals surface area contributed by atoms with Gasteiger partial charge in [-0.2, -0.15) is 11.8 Å². The van der Waals surface area contributed by atoms with E-state index in [4.69, 9.17) is 4.74 Å². The highest BCUT2D eigenvalue weighted by Gasteiger charge is 2.20. The zero-order valence-corrected chi connectivity index (χ0v) is 17.3. The lowest BCUT2D eigenvalue weighted by Gasteiger charge is -2.26. The molecule has 6 nitrogen and oxygen atoms in total. The number of aliphatic imine (C=N–C) groups is 1. The van der Waals surface area contributed by atoms with Gasteiger partial charge in [0.25, 0.3) is 0 Å². The van der Waals surface area contributed by atoms with Crippen LogP contribution in [-0.2, 0) is 4.74 Å². The largest absolute Gasteiger partial charge is 0.444 e. The van der Waals surface area contributed by atoms with Crippen molar-refractivity contribution in [2.24, 2.45) is 10.9 Å². The van der Waals surface area contributed by atoms with Crippen LogP contribution in [0.2, 0.25) is 0 Å². The standard InChI is InChI=1S/C17H36N4O2S/c1-14(13-21(6)16(22)23-17(2,3)4)12-20-15(18-5)19-10-8-9-11-24-7/h14H,8-13H2,1-7H3,(H2,18,19,20). The quantitative estimate of drug-likeness (QED) is 0.376. The number of ether oxygens (including phenoxy) is 1. The second kappa shape index (κ2) is 12.3. The first kappa shape index (κ1) is 22.9. The zero-order chi connectivity index (χ0) is 18.6. The summed E-state index contributed by atoms with van der Waals surface area (Å²) in [5, 5.41) is 6.62. The molecule has 0 aliphatic heterocycles. The summed E-state index contributed by atoms with van der Waals surface area (Å²) < 4.78 is 5.36. The van der Waals surface area contributed by atoms with Gasteiger partial charge in [-0.25, -0.2) is 4.79 Å². The third-order valence-electron chi connectivity index (χ3n) is 3.20. The minimum atomic E-state index is -0.463. The summed E-state index contributed by atoms with van der Waals surface area (Å²) in [5.74, 6) is 2.30. The Hall–Kier alpha value is -1.11. The molecule has 1 atom stereocenters. The predicted molar refractivity (Wildman–Crippen MR) is 105 cm³/mol. The molecule has 0 spiro atoms. The minimum Gasteiger partial charge on any atom is -0.444 e. The molecule has 24 heavy (non-hydrogen) atoms. The van der Waals surface area contributed by atoms with Gasteiger partial charge in [0.1, 0.15) is 5.60 Å². The third kappa shape index (κ3) is 12.3. The fraction of sp³-hybridized carbons (Fsp3) is 0.882. The van der Waals surface area contributed by atoms with Gasteiger partial charge in [0.05, 0.1) is 0 Å². The Kier molecular flexibility index (Phi) is 11.7. The molecule has 1 unspecified atom stereocenters. The molecule has 7 heteroatoms. The van der Waals surface area contributed by atoms with Gasteiger partial charge >= 0.3 is 6.09 Å². The van der Waals surface area contributed by atoms with Gasteiger partial charge in [-0.3, -0.25) is 4.99 Å². The van der Waals surface area contributed by atoms with Gasteiger partial charge in [0, 0.05) is 33.7 Å². The molecule has 0 saturated carbocycles. The number of hydrogen-bond acceptors (Lipinski definition) is 4. The monoisotopic (exact) mass is 360 g/mol. The van der Waals surface area contributed by atoms with E-state index < -0.39 is 5.60 Å². The van der Waals surface area contributed by atoms with Crippen LogP contribution in [0.1, 0.15) is 40.5 Å². The Morgan fingerprint density at radius 2 is 1.96 bits per heavy atom. The van der Waals surface area contributed by atoms with Crippen LogP contribution < -0.4 is 10.6 Å². The minimum absolute atomic E-state index is 0.286. The van der Waals surface area contributed by atoms with Crippen molar-refractivity contribution in [3.8, 4) is 0 Å². The van der Waals surface area contributed by atoms with E-state index in [1.807, 2.05) is 32.5 Å². The molecule has 0 heterocycles. The Bertz CT molecular complexity index is 383. The van der Waals surface area contributed by atoms with E-state index >= 15 is 0 Å². The van der Waals surface area contributed by atoms with Crippen molar-refractivity contribution in [1.29, 1.82) is 0 Å². The van der Waals surface area contributed by atoms with E-state index in [0.717, 1.165) is 25.5 Å². The second-order valence-corrected chi connectivity index (χ2v) is 8.03. The van der Waals surface area contributed by atoms with Crippen LogP contribution in [0.15, 0.2) is 4.99 Å². The maximum Gasteiger partial charge on any atom is 0.410 e. The predicted octanol–water partition coefficient (Wildman–Crippen LogP) is 2.80. The van der Waals surface area contributed by atoms with Crippen molar-refractivity contribution in [2.75, 3.05) is 45.7 Å². The fourth-order valence-corrected chi connectivity index (χ4v) is 2.51. The lowest BCUT2D eigenvalue weighted by molar-refractivity contribution is 0.0278. The molecule has 0 aromatic rings. The molecule has 0 rings (SSSR count). The zero-order valence-electron chi connectivity index (χ0n) is 16.4. The van der Waals surface area contributed by atoms with Gasteiger partial charge < -0.3 is 20.3 Å². The number of carbonyl (C=O) groups excluding carboxylic acids is 1. The SMILES string of the molecule is CN=C(NCCCCSC)NCC(C)CN(C)C(=O)OC(C)(C)C. The molecular weight excluding hydrogens is 324 g/mol. The average molecular weight is 361 g/mol. The molecule has 0 aliphatic rings. The van der Waals surface area contributed by atoms with Crippen molar-refractivity contribution < 1.29 is 9.53 Å². The number of amides is 1. The first-order valence-electron chi connectivity index (χ1n) is 8.57. The summed E-state index contributed by atoms with van der Waals surface area (Å²) in [4.78, 5) is 17.8. The molecule has 0 aliphatic carbocycles. The summed E-state index contributed by atoms with van der Waals surface area (Å²) in [5.41, 5.74) is -0.463. The van der Waals surface area contributed by atoms with Crippen molar-refractivity contribution in [3.05, 3.63) is 0 Å². The highest BCUT2D eigenvalue weighted by Crippen LogP contribution is 2.10. The highest BCUT2D eigenvalue weighted by molar-refractivity contribution is 7.98.